The van der Waals surface area contributed by atoms with E-state index in [0.717, 1.165) is 5.56 Å². The van der Waals surface area contributed by atoms with Gasteiger partial charge in [-0.15, -0.1) is 0 Å². The van der Waals surface area contributed by atoms with Crippen LogP contribution in [0.2, 0.25) is 5.02 Å². The molecule has 0 aliphatic carbocycles. The summed E-state index contributed by atoms with van der Waals surface area (Å²) in [6.07, 6.45) is 0.758. The highest BCUT2D eigenvalue weighted by atomic mass is 35.5. The summed E-state index contributed by atoms with van der Waals surface area (Å²) < 4.78 is 26.7. The zero-order valence-electron chi connectivity index (χ0n) is 12.5. The lowest BCUT2D eigenvalue weighted by atomic mass is 9.85. The molecule has 1 saturated heterocycles. The van der Waals surface area contributed by atoms with Gasteiger partial charge in [0, 0.05) is 18.1 Å². The summed E-state index contributed by atoms with van der Waals surface area (Å²) in [7, 11) is -3.55. The minimum Gasteiger partial charge on any atom is -0.385 e. The van der Waals surface area contributed by atoms with Crippen molar-refractivity contribution in [1.29, 1.82) is 0 Å². The first-order chi connectivity index (χ1) is 10.9. The fourth-order valence-corrected chi connectivity index (χ4v) is 4.46. The second-order valence-corrected chi connectivity index (χ2v) is 8.13. The predicted molar refractivity (Wildman–Crippen MR) is 89.8 cm³/mol. The minimum atomic E-state index is -3.55. The Morgan fingerprint density at radius 2 is 1.52 bits per heavy atom. The number of benzene rings is 2. The fourth-order valence-electron chi connectivity index (χ4n) is 2.89. The molecule has 0 unspecified atom stereocenters. The van der Waals surface area contributed by atoms with Crippen molar-refractivity contribution in [2.45, 2.75) is 23.3 Å². The molecule has 0 atom stereocenters. The van der Waals surface area contributed by atoms with Gasteiger partial charge in [0.2, 0.25) is 10.0 Å². The van der Waals surface area contributed by atoms with Crippen LogP contribution in [0.3, 0.4) is 0 Å². The Morgan fingerprint density at radius 1 is 0.957 bits per heavy atom. The molecular formula is C17H18ClNO3S. The molecule has 23 heavy (non-hydrogen) atoms. The van der Waals surface area contributed by atoms with Gasteiger partial charge in [-0.3, -0.25) is 0 Å². The molecule has 1 N–H and O–H groups in total. The zero-order chi connectivity index (χ0) is 16.5. The Morgan fingerprint density at radius 3 is 2.09 bits per heavy atom. The van der Waals surface area contributed by atoms with Crippen LogP contribution in [0.1, 0.15) is 18.4 Å². The van der Waals surface area contributed by atoms with E-state index in [4.69, 9.17) is 11.6 Å². The van der Waals surface area contributed by atoms with E-state index in [1.807, 2.05) is 30.3 Å². The monoisotopic (exact) mass is 351 g/mol. The molecule has 1 heterocycles. The molecule has 0 radical (unpaired) electrons. The second-order valence-electron chi connectivity index (χ2n) is 5.76. The highest BCUT2D eigenvalue weighted by Gasteiger charge is 2.38. The van der Waals surface area contributed by atoms with Gasteiger partial charge in [0.25, 0.3) is 0 Å². The van der Waals surface area contributed by atoms with E-state index >= 15 is 0 Å². The number of piperidine rings is 1. The molecule has 0 spiro atoms. The minimum absolute atomic E-state index is 0.229. The third-order valence-corrected chi connectivity index (χ3v) is 6.48. The maximum Gasteiger partial charge on any atom is 0.243 e. The van der Waals surface area contributed by atoms with E-state index in [1.165, 1.54) is 16.4 Å². The number of halogens is 1. The first-order valence-corrected chi connectivity index (χ1v) is 9.27. The maximum absolute atomic E-state index is 12.6. The van der Waals surface area contributed by atoms with Crippen LogP contribution in [-0.2, 0) is 15.6 Å². The van der Waals surface area contributed by atoms with Crippen molar-refractivity contribution in [2.75, 3.05) is 13.1 Å². The summed E-state index contributed by atoms with van der Waals surface area (Å²) in [5.74, 6) is 0. The van der Waals surface area contributed by atoms with Crippen LogP contribution >= 0.6 is 11.6 Å². The quantitative estimate of drug-likeness (QED) is 0.924. The predicted octanol–water partition coefficient (Wildman–Crippen LogP) is 3.01. The van der Waals surface area contributed by atoms with E-state index in [0.29, 0.717) is 17.9 Å². The topological polar surface area (TPSA) is 57.6 Å². The van der Waals surface area contributed by atoms with E-state index in [2.05, 4.69) is 0 Å². The molecule has 1 aliphatic rings. The van der Waals surface area contributed by atoms with Gasteiger partial charge in [-0.2, -0.15) is 4.31 Å². The number of rotatable bonds is 3. The Bertz CT molecular complexity index is 767. The summed E-state index contributed by atoms with van der Waals surface area (Å²) in [6, 6.07) is 15.6. The Hall–Kier alpha value is -1.40. The smallest absolute Gasteiger partial charge is 0.243 e. The van der Waals surface area contributed by atoms with Crippen LogP contribution in [0.4, 0.5) is 0 Å². The van der Waals surface area contributed by atoms with Crippen molar-refractivity contribution in [3.8, 4) is 0 Å². The van der Waals surface area contributed by atoms with E-state index in [9.17, 15) is 13.5 Å². The van der Waals surface area contributed by atoms with Crippen molar-refractivity contribution in [1.82, 2.24) is 4.31 Å². The molecule has 4 nitrogen and oxygen atoms in total. The molecule has 2 aromatic carbocycles. The average molecular weight is 352 g/mol. The largest absolute Gasteiger partial charge is 0.385 e. The SMILES string of the molecule is O=S(=O)(c1ccc(Cl)cc1)N1CCC(O)(c2ccccc2)CC1. The fraction of sp³-hybridized carbons (Fsp3) is 0.294. The molecule has 0 amide bonds. The van der Waals surface area contributed by atoms with Gasteiger partial charge >= 0.3 is 0 Å². The van der Waals surface area contributed by atoms with Gasteiger partial charge in [-0.05, 0) is 42.7 Å². The highest BCUT2D eigenvalue weighted by Crippen LogP contribution is 2.34. The molecule has 1 fully saturated rings. The van der Waals surface area contributed by atoms with E-state index < -0.39 is 15.6 Å². The number of hydrogen-bond acceptors (Lipinski definition) is 3. The number of hydrogen-bond donors (Lipinski definition) is 1. The Kier molecular flexibility index (Phi) is 4.47. The molecular weight excluding hydrogens is 334 g/mol. The summed E-state index contributed by atoms with van der Waals surface area (Å²) in [4.78, 5) is 0.229. The third-order valence-electron chi connectivity index (χ3n) is 4.31. The van der Waals surface area contributed by atoms with Gasteiger partial charge in [-0.25, -0.2) is 8.42 Å². The molecule has 1 aliphatic heterocycles. The van der Waals surface area contributed by atoms with Gasteiger partial charge in [-0.1, -0.05) is 41.9 Å². The summed E-state index contributed by atoms with van der Waals surface area (Å²) in [5, 5.41) is 11.3. The van der Waals surface area contributed by atoms with E-state index in [-0.39, 0.29) is 18.0 Å². The molecule has 0 saturated carbocycles. The summed E-state index contributed by atoms with van der Waals surface area (Å²) in [6.45, 7) is 0.576. The second kappa shape index (κ2) is 6.24. The van der Waals surface area contributed by atoms with Gasteiger partial charge in [0.05, 0.1) is 10.5 Å². The lowest BCUT2D eigenvalue weighted by Gasteiger charge is -2.37. The van der Waals surface area contributed by atoms with Crippen LogP contribution in [0.25, 0.3) is 0 Å². The summed E-state index contributed by atoms with van der Waals surface area (Å²) >= 11 is 5.81. The van der Waals surface area contributed by atoms with Crippen molar-refractivity contribution in [3.05, 3.63) is 65.2 Å². The highest BCUT2D eigenvalue weighted by molar-refractivity contribution is 7.89. The number of nitrogens with zero attached hydrogens (tertiary/aromatic N) is 1. The van der Waals surface area contributed by atoms with E-state index in [1.54, 1.807) is 12.1 Å². The lowest BCUT2D eigenvalue weighted by molar-refractivity contribution is -0.00961. The van der Waals surface area contributed by atoms with Crippen LogP contribution in [0.15, 0.2) is 59.5 Å². The molecule has 2 aromatic rings. The van der Waals surface area contributed by atoms with Crippen molar-refractivity contribution < 1.29 is 13.5 Å². The number of sulfonamides is 1. The maximum atomic E-state index is 12.6. The van der Waals surface area contributed by atoms with Crippen molar-refractivity contribution >= 4 is 21.6 Å². The number of aliphatic hydroxyl groups is 1. The Labute approximate surface area is 141 Å². The first-order valence-electron chi connectivity index (χ1n) is 7.45. The lowest BCUT2D eigenvalue weighted by Crippen LogP contribution is -2.45. The standard InChI is InChI=1S/C17H18ClNO3S/c18-15-6-8-16(9-7-15)23(21,22)19-12-10-17(20,11-13-19)14-4-2-1-3-5-14/h1-9,20H,10-13H2. The van der Waals surface area contributed by atoms with Crippen molar-refractivity contribution in [3.63, 3.8) is 0 Å². The van der Waals surface area contributed by atoms with Crippen LogP contribution in [0, 0.1) is 0 Å². The molecule has 122 valence electrons. The zero-order valence-corrected chi connectivity index (χ0v) is 14.1. The van der Waals surface area contributed by atoms with Gasteiger partial charge in [0.15, 0.2) is 0 Å². The van der Waals surface area contributed by atoms with Crippen LogP contribution in [-0.4, -0.2) is 30.9 Å². The Balaban J connectivity index is 1.77. The van der Waals surface area contributed by atoms with Crippen molar-refractivity contribution in [2.24, 2.45) is 0 Å². The van der Waals surface area contributed by atoms with Gasteiger partial charge < -0.3 is 5.11 Å². The molecule has 0 aromatic heterocycles. The third kappa shape index (κ3) is 3.28. The first kappa shape index (κ1) is 16.5. The normalized spacial score (nSPS) is 18.7. The molecule has 0 bridgehead atoms. The van der Waals surface area contributed by atoms with Crippen LogP contribution in [0.5, 0.6) is 0 Å². The molecule has 3 rings (SSSR count). The van der Waals surface area contributed by atoms with Crippen LogP contribution < -0.4 is 0 Å². The van der Waals surface area contributed by atoms with Gasteiger partial charge in [0.1, 0.15) is 0 Å². The average Bonchev–Trinajstić information content (AvgIpc) is 2.56. The summed E-state index contributed by atoms with van der Waals surface area (Å²) in [5.41, 5.74) is -0.128. The molecule has 6 heteroatoms.